The van der Waals surface area contributed by atoms with Crippen LogP contribution in [0.25, 0.3) is 0 Å². The van der Waals surface area contributed by atoms with E-state index in [2.05, 4.69) is 43.1 Å². The molecule has 100 valence electrons. The van der Waals surface area contributed by atoms with Crippen molar-refractivity contribution in [3.8, 4) is 0 Å². The predicted octanol–water partition coefficient (Wildman–Crippen LogP) is 1.78. The average Bonchev–Trinajstić information content (AvgIpc) is 2.25. The normalized spacial score (nSPS) is 11.7. The maximum absolute atomic E-state index is 5.65. The Bertz CT molecular complexity index is 441. The highest BCUT2D eigenvalue weighted by Gasteiger charge is 2.20. The number of rotatable bonds is 5. The van der Waals surface area contributed by atoms with E-state index in [1.807, 2.05) is 19.1 Å². The highest BCUT2D eigenvalue weighted by Crippen LogP contribution is 2.14. The van der Waals surface area contributed by atoms with Crippen molar-refractivity contribution in [1.82, 2.24) is 9.88 Å². The molecule has 0 radical (unpaired) electrons. The Hall–Kier alpha value is -1.20. The number of aromatic nitrogens is 1. The zero-order valence-electron chi connectivity index (χ0n) is 11.7. The maximum Gasteiger partial charge on any atom is 0.126 e. The number of pyridine rings is 1. The van der Waals surface area contributed by atoms with Crippen LogP contribution in [-0.4, -0.2) is 41.1 Å². The highest BCUT2D eigenvalue weighted by molar-refractivity contribution is 7.80. The highest BCUT2D eigenvalue weighted by atomic mass is 32.1. The molecule has 0 amide bonds. The minimum Gasteiger partial charge on any atom is -0.389 e. The van der Waals surface area contributed by atoms with E-state index >= 15 is 0 Å². The van der Waals surface area contributed by atoms with E-state index in [0.29, 0.717) is 4.99 Å². The third-order valence-corrected chi connectivity index (χ3v) is 3.39. The molecule has 0 aliphatic rings. The fourth-order valence-electron chi connectivity index (χ4n) is 1.37. The summed E-state index contributed by atoms with van der Waals surface area (Å²) in [5, 5.41) is 3.33. The topological polar surface area (TPSA) is 54.2 Å². The van der Waals surface area contributed by atoms with Gasteiger partial charge < -0.3 is 16.0 Å². The lowest BCUT2D eigenvalue weighted by molar-refractivity contribution is 0.210. The zero-order valence-corrected chi connectivity index (χ0v) is 12.6. The van der Waals surface area contributed by atoms with Crippen LogP contribution in [0.5, 0.6) is 0 Å². The van der Waals surface area contributed by atoms with Gasteiger partial charge in [-0.1, -0.05) is 12.2 Å². The van der Waals surface area contributed by atoms with Gasteiger partial charge in [0.2, 0.25) is 0 Å². The lowest BCUT2D eigenvalue weighted by atomic mass is 10.0. The number of thiocarbonyl (C=S) groups is 1. The Morgan fingerprint density at radius 1 is 1.44 bits per heavy atom. The molecule has 3 N–H and O–H groups in total. The van der Waals surface area contributed by atoms with Gasteiger partial charge in [-0.2, -0.15) is 0 Å². The van der Waals surface area contributed by atoms with Gasteiger partial charge in [0.15, 0.2) is 0 Å². The molecular formula is C13H22N4S. The third-order valence-electron chi connectivity index (χ3n) is 3.15. The van der Waals surface area contributed by atoms with Gasteiger partial charge in [-0.25, -0.2) is 4.98 Å². The van der Waals surface area contributed by atoms with Crippen molar-refractivity contribution in [2.75, 3.05) is 26.0 Å². The Kier molecular flexibility index (Phi) is 4.65. The van der Waals surface area contributed by atoms with E-state index < -0.39 is 0 Å². The molecule has 0 fully saturated rings. The van der Waals surface area contributed by atoms with Gasteiger partial charge in [0, 0.05) is 23.3 Å². The smallest absolute Gasteiger partial charge is 0.126 e. The van der Waals surface area contributed by atoms with Crippen molar-refractivity contribution in [3.63, 3.8) is 0 Å². The summed E-state index contributed by atoms with van der Waals surface area (Å²) in [6.07, 6.45) is 0. The molecule has 0 bridgehead atoms. The standard InChI is InChI=1S/C13H22N4S/c1-9-6-10(12(14)18)7-11(16-9)15-8-13(2,3)17(4)5/h6-7H,8H2,1-5H3,(H2,14,18)(H,15,16). The average molecular weight is 266 g/mol. The van der Waals surface area contributed by atoms with Crippen LogP contribution < -0.4 is 11.1 Å². The molecule has 0 atom stereocenters. The van der Waals surface area contributed by atoms with Crippen LogP contribution in [-0.2, 0) is 0 Å². The molecule has 0 saturated carbocycles. The van der Waals surface area contributed by atoms with Crippen molar-refractivity contribution >= 4 is 23.0 Å². The number of nitrogens with two attached hydrogens (primary N) is 1. The Morgan fingerprint density at radius 3 is 2.56 bits per heavy atom. The molecule has 0 aliphatic heterocycles. The van der Waals surface area contributed by atoms with E-state index in [-0.39, 0.29) is 5.54 Å². The van der Waals surface area contributed by atoms with Crippen LogP contribution in [0, 0.1) is 6.92 Å². The number of hydrogen-bond acceptors (Lipinski definition) is 4. The molecule has 0 saturated heterocycles. The molecule has 0 aliphatic carbocycles. The summed E-state index contributed by atoms with van der Waals surface area (Å²) in [6, 6.07) is 3.78. The van der Waals surface area contributed by atoms with Crippen LogP contribution in [0.4, 0.5) is 5.82 Å². The lowest BCUT2D eigenvalue weighted by Gasteiger charge is -2.32. The van der Waals surface area contributed by atoms with Gasteiger partial charge in [0.1, 0.15) is 10.8 Å². The summed E-state index contributed by atoms with van der Waals surface area (Å²) in [4.78, 5) is 7.00. The van der Waals surface area contributed by atoms with Gasteiger partial charge >= 0.3 is 0 Å². The first-order chi connectivity index (χ1) is 8.22. The first-order valence-corrected chi connectivity index (χ1v) is 6.33. The molecule has 1 aromatic heterocycles. The number of anilines is 1. The molecular weight excluding hydrogens is 244 g/mol. The van der Waals surface area contributed by atoms with E-state index in [0.717, 1.165) is 23.6 Å². The largest absolute Gasteiger partial charge is 0.389 e. The fraction of sp³-hybridized carbons (Fsp3) is 0.538. The Balaban J connectivity index is 2.83. The van der Waals surface area contributed by atoms with Crippen LogP contribution >= 0.6 is 12.2 Å². The number of likely N-dealkylation sites (N-methyl/N-ethyl adjacent to an activating group) is 1. The first-order valence-electron chi connectivity index (χ1n) is 5.92. The number of hydrogen-bond donors (Lipinski definition) is 2. The summed E-state index contributed by atoms with van der Waals surface area (Å²) >= 11 is 4.99. The Labute approximate surface area is 115 Å². The van der Waals surface area contributed by atoms with Gasteiger partial charge in [0.05, 0.1) is 0 Å². The SMILES string of the molecule is Cc1cc(C(N)=S)cc(NCC(C)(C)N(C)C)n1. The third kappa shape index (κ3) is 3.92. The first kappa shape index (κ1) is 14.9. The van der Waals surface area contributed by atoms with Gasteiger partial charge in [-0.3, -0.25) is 0 Å². The second kappa shape index (κ2) is 5.63. The van der Waals surface area contributed by atoms with Crippen molar-refractivity contribution in [3.05, 3.63) is 23.4 Å². The van der Waals surface area contributed by atoms with Gasteiger partial charge in [-0.05, 0) is 47.0 Å². The molecule has 4 nitrogen and oxygen atoms in total. The molecule has 0 aromatic carbocycles. The molecule has 0 spiro atoms. The van der Waals surface area contributed by atoms with Crippen molar-refractivity contribution in [1.29, 1.82) is 0 Å². The number of nitrogens with zero attached hydrogens (tertiary/aromatic N) is 2. The van der Waals surface area contributed by atoms with E-state index in [1.54, 1.807) is 0 Å². The van der Waals surface area contributed by atoms with Crippen LogP contribution in [0.3, 0.4) is 0 Å². The van der Waals surface area contributed by atoms with E-state index in [9.17, 15) is 0 Å². The predicted molar refractivity (Wildman–Crippen MR) is 81.1 cm³/mol. The molecule has 1 rings (SSSR count). The van der Waals surface area contributed by atoms with Gasteiger partial charge in [0.25, 0.3) is 0 Å². The molecule has 0 unspecified atom stereocenters. The number of nitrogens with one attached hydrogen (secondary N) is 1. The lowest BCUT2D eigenvalue weighted by Crippen LogP contribution is -2.44. The minimum absolute atomic E-state index is 0.0504. The summed E-state index contributed by atoms with van der Waals surface area (Å²) in [6.45, 7) is 7.08. The van der Waals surface area contributed by atoms with Crippen molar-refractivity contribution in [2.45, 2.75) is 26.3 Å². The molecule has 18 heavy (non-hydrogen) atoms. The maximum atomic E-state index is 5.65. The summed E-state index contributed by atoms with van der Waals surface area (Å²) in [7, 11) is 4.12. The molecule has 1 heterocycles. The summed E-state index contributed by atoms with van der Waals surface area (Å²) in [5.41, 5.74) is 7.46. The molecule has 5 heteroatoms. The summed E-state index contributed by atoms with van der Waals surface area (Å²) in [5.74, 6) is 0.813. The van der Waals surface area contributed by atoms with Crippen molar-refractivity contribution < 1.29 is 0 Å². The van der Waals surface area contributed by atoms with Crippen LogP contribution in [0.1, 0.15) is 25.1 Å². The summed E-state index contributed by atoms with van der Waals surface area (Å²) < 4.78 is 0. The van der Waals surface area contributed by atoms with E-state index in [1.165, 1.54) is 0 Å². The zero-order chi connectivity index (χ0) is 13.9. The van der Waals surface area contributed by atoms with Crippen LogP contribution in [0.2, 0.25) is 0 Å². The van der Waals surface area contributed by atoms with Crippen LogP contribution in [0.15, 0.2) is 12.1 Å². The second-order valence-corrected chi connectivity index (χ2v) is 5.75. The number of aryl methyl sites for hydroxylation is 1. The second-order valence-electron chi connectivity index (χ2n) is 5.31. The molecule has 1 aromatic rings. The quantitative estimate of drug-likeness (QED) is 0.796. The monoisotopic (exact) mass is 266 g/mol. The van der Waals surface area contributed by atoms with E-state index in [4.69, 9.17) is 18.0 Å². The van der Waals surface area contributed by atoms with Crippen molar-refractivity contribution in [2.24, 2.45) is 5.73 Å². The Morgan fingerprint density at radius 2 is 2.06 bits per heavy atom. The van der Waals surface area contributed by atoms with Gasteiger partial charge in [-0.15, -0.1) is 0 Å². The minimum atomic E-state index is 0.0504. The fourth-order valence-corrected chi connectivity index (χ4v) is 1.48.